The van der Waals surface area contributed by atoms with Crippen molar-refractivity contribution in [2.45, 2.75) is 0 Å². The highest BCUT2D eigenvalue weighted by atomic mass is 16.5. The van der Waals surface area contributed by atoms with E-state index in [0.29, 0.717) is 11.3 Å². The summed E-state index contributed by atoms with van der Waals surface area (Å²) in [5.41, 5.74) is 7.23. The normalized spacial score (nSPS) is 10.2. The third-order valence-electron chi connectivity index (χ3n) is 1.61. The second-order valence-electron chi connectivity index (χ2n) is 2.66. The number of hydrogen-bond acceptors (Lipinski definition) is 4. The molecule has 0 spiro atoms. The summed E-state index contributed by atoms with van der Waals surface area (Å²) in [6.45, 7) is 0. The second-order valence-corrected chi connectivity index (χ2v) is 2.66. The van der Waals surface area contributed by atoms with Gasteiger partial charge in [-0.25, -0.2) is 10.2 Å². The van der Waals surface area contributed by atoms with Crippen LogP contribution in [0.15, 0.2) is 23.3 Å². The lowest BCUT2D eigenvalue weighted by Gasteiger charge is -2.02. The maximum absolute atomic E-state index is 10.3. The number of nitrogens with zero attached hydrogens (tertiary/aromatic N) is 1. The lowest BCUT2D eigenvalue weighted by atomic mass is 10.2. The van der Waals surface area contributed by atoms with Gasteiger partial charge in [-0.15, -0.1) is 0 Å². The van der Waals surface area contributed by atoms with Crippen LogP contribution in [0.3, 0.4) is 0 Å². The van der Waals surface area contributed by atoms with Gasteiger partial charge in [-0.2, -0.15) is 5.10 Å². The average molecular weight is 209 g/mol. The molecule has 0 unspecified atom stereocenters. The van der Waals surface area contributed by atoms with Crippen molar-refractivity contribution in [3.63, 3.8) is 0 Å². The molecule has 4 N–H and O–H groups in total. The number of phenolic OH excluding ortho intramolecular Hbond substituents is 1. The molecular weight excluding hydrogens is 198 g/mol. The molecular formula is C9H11N3O3. The van der Waals surface area contributed by atoms with E-state index < -0.39 is 6.03 Å². The quantitative estimate of drug-likeness (QED) is 0.496. The van der Waals surface area contributed by atoms with Crippen LogP contribution >= 0.6 is 0 Å². The molecule has 15 heavy (non-hydrogen) atoms. The molecule has 0 aliphatic heterocycles. The molecule has 1 aromatic carbocycles. The number of carbonyl (C=O) groups is 1. The molecule has 0 bridgehead atoms. The Bertz CT molecular complexity index is 390. The fourth-order valence-corrected chi connectivity index (χ4v) is 0.928. The molecule has 1 rings (SSSR count). The summed E-state index contributed by atoms with van der Waals surface area (Å²) in [4.78, 5) is 10.3. The molecule has 6 heteroatoms. The zero-order valence-corrected chi connectivity index (χ0v) is 8.10. The van der Waals surface area contributed by atoms with Crippen molar-refractivity contribution in [3.05, 3.63) is 23.8 Å². The van der Waals surface area contributed by atoms with Crippen LogP contribution in [-0.2, 0) is 0 Å². The molecule has 0 atom stereocenters. The Hall–Kier alpha value is -2.24. The van der Waals surface area contributed by atoms with Crippen LogP contribution < -0.4 is 15.9 Å². The van der Waals surface area contributed by atoms with Gasteiger partial charge in [0.2, 0.25) is 0 Å². The van der Waals surface area contributed by atoms with E-state index >= 15 is 0 Å². The number of methoxy groups -OCH3 is 1. The molecule has 2 amide bonds. The highest BCUT2D eigenvalue weighted by molar-refractivity contribution is 5.85. The number of urea groups is 1. The summed E-state index contributed by atoms with van der Waals surface area (Å²) in [6.07, 6.45) is 1.27. The monoisotopic (exact) mass is 209 g/mol. The molecule has 0 aliphatic rings. The second kappa shape index (κ2) is 4.85. The van der Waals surface area contributed by atoms with Crippen LogP contribution in [0.25, 0.3) is 0 Å². The van der Waals surface area contributed by atoms with Gasteiger partial charge >= 0.3 is 6.03 Å². The lowest BCUT2D eigenvalue weighted by Crippen LogP contribution is -2.24. The minimum atomic E-state index is -0.770. The molecule has 0 heterocycles. The Morgan fingerprint density at radius 3 is 3.00 bits per heavy atom. The van der Waals surface area contributed by atoms with E-state index in [1.807, 2.05) is 5.43 Å². The summed E-state index contributed by atoms with van der Waals surface area (Å²) >= 11 is 0. The van der Waals surface area contributed by atoms with E-state index in [-0.39, 0.29) is 5.75 Å². The van der Waals surface area contributed by atoms with Gasteiger partial charge in [0.1, 0.15) is 11.5 Å². The van der Waals surface area contributed by atoms with Crippen molar-refractivity contribution >= 4 is 12.2 Å². The summed E-state index contributed by atoms with van der Waals surface area (Å²) in [5.74, 6) is 0.610. The van der Waals surface area contributed by atoms with Crippen LogP contribution in [0, 0.1) is 0 Å². The number of primary amides is 1. The van der Waals surface area contributed by atoms with Crippen molar-refractivity contribution in [3.8, 4) is 11.5 Å². The Labute approximate surface area is 86.4 Å². The van der Waals surface area contributed by atoms with Crippen LogP contribution in [0.4, 0.5) is 4.79 Å². The van der Waals surface area contributed by atoms with E-state index in [2.05, 4.69) is 5.10 Å². The Morgan fingerprint density at radius 1 is 1.67 bits per heavy atom. The number of aromatic hydroxyl groups is 1. The number of carbonyl (C=O) groups excluding carboxylic acids is 1. The molecule has 6 nitrogen and oxygen atoms in total. The van der Waals surface area contributed by atoms with Crippen molar-refractivity contribution in [1.82, 2.24) is 5.43 Å². The number of hydrogen-bond donors (Lipinski definition) is 3. The summed E-state index contributed by atoms with van der Waals surface area (Å²) in [6, 6.07) is 3.87. The number of benzene rings is 1. The predicted octanol–water partition coefficient (Wildman–Crippen LogP) is 0.403. The molecule has 0 fully saturated rings. The minimum absolute atomic E-state index is 0.0332. The molecule has 0 radical (unpaired) electrons. The van der Waals surface area contributed by atoms with E-state index in [1.165, 1.54) is 19.4 Å². The fourth-order valence-electron chi connectivity index (χ4n) is 0.928. The van der Waals surface area contributed by atoms with Gasteiger partial charge in [0.25, 0.3) is 0 Å². The summed E-state index contributed by atoms with van der Waals surface area (Å²) in [5, 5.41) is 12.9. The summed E-state index contributed by atoms with van der Waals surface area (Å²) in [7, 11) is 1.51. The van der Waals surface area contributed by atoms with E-state index in [0.717, 1.165) is 0 Å². The molecule has 0 saturated carbocycles. The lowest BCUT2D eigenvalue weighted by molar-refractivity contribution is 0.249. The van der Waals surface area contributed by atoms with Crippen LogP contribution in [0.2, 0.25) is 0 Å². The van der Waals surface area contributed by atoms with Gasteiger partial charge in [0, 0.05) is 5.56 Å². The van der Waals surface area contributed by atoms with Gasteiger partial charge < -0.3 is 15.6 Å². The van der Waals surface area contributed by atoms with Crippen molar-refractivity contribution in [2.75, 3.05) is 7.11 Å². The smallest absolute Gasteiger partial charge is 0.332 e. The molecule has 1 aromatic rings. The van der Waals surface area contributed by atoms with Crippen molar-refractivity contribution < 1.29 is 14.6 Å². The number of phenols is 1. The first kappa shape index (κ1) is 10.8. The highest BCUT2D eigenvalue weighted by Gasteiger charge is 2.00. The minimum Gasteiger partial charge on any atom is -0.507 e. The van der Waals surface area contributed by atoms with Crippen LogP contribution in [0.1, 0.15) is 5.56 Å². The number of rotatable bonds is 3. The van der Waals surface area contributed by atoms with Crippen LogP contribution in [-0.4, -0.2) is 24.5 Å². The number of ether oxygens (including phenoxy) is 1. The zero-order chi connectivity index (χ0) is 11.3. The van der Waals surface area contributed by atoms with Gasteiger partial charge in [0.15, 0.2) is 0 Å². The fraction of sp³-hybridized carbons (Fsp3) is 0.111. The molecule has 80 valence electrons. The zero-order valence-electron chi connectivity index (χ0n) is 8.10. The first-order chi connectivity index (χ1) is 7.13. The topological polar surface area (TPSA) is 96.9 Å². The Morgan fingerprint density at radius 2 is 2.40 bits per heavy atom. The van der Waals surface area contributed by atoms with E-state index in [9.17, 15) is 9.90 Å². The highest BCUT2D eigenvalue weighted by Crippen LogP contribution is 2.20. The molecule has 0 aromatic heterocycles. The average Bonchev–Trinajstić information content (AvgIpc) is 2.20. The third kappa shape index (κ3) is 3.18. The van der Waals surface area contributed by atoms with Crippen molar-refractivity contribution in [2.24, 2.45) is 10.8 Å². The maximum atomic E-state index is 10.3. The number of nitrogens with one attached hydrogen (secondary N) is 1. The van der Waals surface area contributed by atoms with Gasteiger partial charge in [0.05, 0.1) is 13.3 Å². The van der Waals surface area contributed by atoms with Gasteiger partial charge in [-0.05, 0) is 18.2 Å². The van der Waals surface area contributed by atoms with E-state index in [1.54, 1.807) is 12.1 Å². The third-order valence-corrected chi connectivity index (χ3v) is 1.61. The first-order valence-corrected chi connectivity index (χ1v) is 4.09. The standard InChI is InChI=1S/C9H11N3O3/c1-15-7-2-3-8(13)6(4-7)5-11-12-9(10)14/h2-5,13H,1H3,(H3,10,12,14). The van der Waals surface area contributed by atoms with Gasteiger partial charge in [-0.3, -0.25) is 0 Å². The van der Waals surface area contributed by atoms with Crippen LogP contribution in [0.5, 0.6) is 11.5 Å². The SMILES string of the molecule is COc1ccc(O)c(C=NNC(N)=O)c1. The van der Waals surface area contributed by atoms with Gasteiger partial charge in [-0.1, -0.05) is 0 Å². The maximum Gasteiger partial charge on any atom is 0.332 e. The Kier molecular flexibility index (Phi) is 3.50. The molecule has 0 aliphatic carbocycles. The van der Waals surface area contributed by atoms with E-state index in [4.69, 9.17) is 10.5 Å². The van der Waals surface area contributed by atoms with Crippen molar-refractivity contribution in [1.29, 1.82) is 0 Å². The molecule has 0 saturated heterocycles. The first-order valence-electron chi connectivity index (χ1n) is 4.09. The number of nitrogens with two attached hydrogens (primary N) is 1. The summed E-state index contributed by atoms with van der Waals surface area (Å²) < 4.78 is 4.95. The number of hydrazone groups is 1. The number of amides is 2. The Balaban J connectivity index is 2.83. The largest absolute Gasteiger partial charge is 0.507 e. The predicted molar refractivity (Wildman–Crippen MR) is 55.0 cm³/mol.